The Hall–Kier alpha value is -2.34. The smallest absolute Gasteiger partial charge is 0.142 e. The Morgan fingerprint density at radius 3 is 2.35 bits per heavy atom. The van der Waals surface area contributed by atoms with E-state index in [1.54, 1.807) is 6.07 Å². The van der Waals surface area contributed by atoms with E-state index in [0.29, 0.717) is 5.69 Å². The van der Waals surface area contributed by atoms with Crippen molar-refractivity contribution in [1.82, 2.24) is 4.98 Å². The Balaban J connectivity index is 1.92. The lowest BCUT2D eigenvalue weighted by Gasteiger charge is -2.16. The summed E-state index contributed by atoms with van der Waals surface area (Å²) in [7, 11) is 0. The van der Waals surface area contributed by atoms with E-state index >= 15 is 0 Å². The fourth-order valence-electron chi connectivity index (χ4n) is 2.16. The van der Waals surface area contributed by atoms with Gasteiger partial charge in [0.2, 0.25) is 0 Å². The molecule has 0 fully saturated rings. The van der Waals surface area contributed by atoms with Crippen molar-refractivity contribution in [2.24, 2.45) is 0 Å². The summed E-state index contributed by atoms with van der Waals surface area (Å²) in [5.74, 6) is 0.875. The molecule has 3 nitrogen and oxygen atoms in total. The third kappa shape index (κ3) is 1.74. The predicted octanol–water partition coefficient (Wildman–Crippen LogP) is 2.47. The Morgan fingerprint density at radius 1 is 1.00 bits per heavy atom. The van der Waals surface area contributed by atoms with Gasteiger partial charge in [0.15, 0.2) is 0 Å². The van der Waals surface area contributed by atoms with Gasteiger partial charge < -0.3 is 4.90 Å². The number of anilines is 1. The molecule has 82 valence electrons. The summed E-state index contributed by atoms with van der Waals surface area (Å²) < 4.78 is 0. The Kier molecular flexibility index (Phi) is 2.27. The lowest BCUT2D eigenvalue weighted by molar-refractivity contribution is 0.855. The average Bonchev–Trinajstić information content (AvgIpc) is 2.82. The molecule has 0 saturated heterocycles. The van der Waals surface area contributed by atoms with Gasteiger partial charge in [-0.25, -0.2) is 4.98 Å². The maximum absolute atomic E-state index is 8.85. The summed E-state index contributed by atoms with van der Waals surface area (Å²) in [4.78, 5) is 6.51. The van der Waals surface area contributed by atoms with Crippen molar-refractivity contribution in [2.45, 2.75) is 13.1 Å². The van der Waals surface area contributed by atoms with Gasteiger partial charge >= 0.3 is 0 Å². The molecule has 0 radical (unpaired) electrons. The fourth-order valence-corrected chi connectivity index (χ4v) is 2.16. The van der Waals surface area contributed by atoms with E-state index in [4.69, 9.17) is 5.26 Å². The van der Waals surface area contributed by atoms with E-state index in [9.17, 15) is 0 Å². The first-order valence-corrected chi connectivity index (χ1v) is 5.56. The van der Waals surface area contributed by atoms with Gasteiger partial charge in [-0.1, -0.05) is 30.3 Å². The number of hydrogen-bond acceptors (Lipinski definition) is 3. The molecule has 0 unspecified atom stereocenters. The molecule has 17 heavy (non-hydrogen) atoms. The zero-order valence-electron chi connectivity index (χ0n) is 9.30. The zero-order valence-corrected chi connectivity index (χ0v) is 9.30. The molecule has 0 spiro atoms. The van der Waals surface area contributed by atoms with E-state index in [1.807, 2.05) is 12.1 Å². The van der Waals surface area contributed by atoms with Crippen LogP contribution in [0.15, 0.2) is 42.5 Å². The third-order valence-electron chi connectivity index (χ3n) is 3.01. The highest BCUT2D eigenvalue weighted by molar-refractivity contribution is 5.48. The Bertz CT molecular complexity index is 573. The van der Waals surface area contributed by atoms with Crippen molar-refractivity contribution >= 4 is 5.82 Å². The number of benzene rings is 1. The molecule has 0 bridgehead atoms. The highest BCUT2D eigenvalue weighted by Crippen LogP contribution is 2.26. The molecule has 0 atom stereocenters. The molecular weight excluding hydrogens is 210 g/mol. The van der Waals surface area contributed by atoms with Crippen LogP contribution in [0.3, 0.4) is 0 Å². The molecule has 0 amide bonds. The highest BCUT2D eigenvalue weighted by Gasteiger charge is 2.19. The van der Waals surface area contributed by atoms with E-state index in [1.165, 1.54) is 11.1 Å². The highest BCUT2D eigenvalue weighted by atomic mass is 15.2. The van der Waals surface area contributed by atoms with Crippen LogP contribution in [0.4, 0.5) is 5.82 Å². The minimum Gasteiger partial charge on any atom is -0.348 e. The molecule has 3 heteroatoms. The lowest BCUT2D eigenvalue weighted by Crippen LogP contribution is -2.16. The largest absolute Gasteiger partial charge is 0.348 e. The number of nitrogens with zero attached hydrogens (tertiary/aromatic N) is 3. The molecule has 2 aromatic rings. The molecule has 0 aliphatic carbocycles. The second kappa shape index (κ2) is 3.91. The summed E-state index contributed by atoms with van der Waals surface area (Å²) >= 11 is 0. The Morgan fingerprint density at radius 2 is 1.71 bits per heavy atom. The van der Waals surface area contributed by atoms with Crippen molar-refractivity contribution in [2.75, 3.05) is 4.90 Å². The zero-order chi connectivity index (χ0) is 11.7. The number of rotatable bonds is 1. The monoisotopic (exact) mass is 221 g/mol. The molecule has 2 heterocycles. The maximum Gasteiger partial charge on any atom is 0.142 e. The normalized spacial score (nSPS) is 13.2. The van der Waals surface area contributed by atoms with Crippen LogP contribution in [0.5, 0.6) is 0 Å². The van der Waals surface area contributed by atoms with Crippen LogP contribution in [0.25, 0.3) is 0 Å². The summed E-state index contributed by atoms with van der Waals surface area (Å²) in [5.41, 5.74) is 3.16. The second-order valence-corrected chi connectivity index (χ2v) is 4.12. The topological polar surface area (TPSA) is 39.9 Å². The van der Waals surface area contributed by atoms with Crippen molar-refractivity contribution < 1.29 is 0 Å². The van der Waals surface area contributed by atoms with Gasteiger partial charge in [-0.3, -0.25) is 0 Å². The minimum absolute atomic E-state index is 0.471. The molecule has 0 saturated carbocycles. The van der Waals surface area contributed by atoms with Crippen LogP contribution in [-0.4, -0.2) is 4.98 Å². The average molecular weight is 221 g/mol. The second-order valence-electron chi connectivity index (χ2n) is 4.12. The van der Waals surface area contributed by atoms with Crippen molar-refractivity contribution in [3.05, 3.63) is 59.3 Å². The number of aromatic nitrogens is 1. The van der Waals surface area contributed by atoms with Crippen LogP contribution in [-0.2, 0) is 13.1 Å². The van der Waals surface area contributed by atoms with Crippen LogP contribution in [0.1, 0.15) is 16.8 Å². The molecule has 1 aliphatic heterocycles. The van der Waals surface area contributed by atoms with Crippen LogP contribution < -0.4 is 4.90 Å². The standard InChI is InChI=1S/C14H11N3/c15-8-13-6-3-7-14(16-13)17-9-11-4-1-2-5-12(11)10-17/h1-7H,9-10H2. The van der Waals surface area contributed by atoms with Gasteiger partial charge in [0, 0.05) is 13.1 Å². The Labute approximate surface area is 99.9 Å². The first-order chi connectivity index (χ1) is 8.36. The van der Waals surface area contributed by atoms with E-state index in [0.717, 1.165) is 18.9 Å². The number of hydrogen-bond donors (Lipinski definition) is 0. The lowest BCUT2D eigenvalue weighted by atomic mass is 10.1. The molecule has 1 aliphatic rings. The van der Waals surface area contributed by atoms with Crippen LogP contribution in [0, 0.1) is 11.3 Å². The summed E-state index contributed by atoms with van der Waals surface area (Å²) in [6.07, 6.45) is 0. The SMILES string of the molecule is N#Cc1cccc(N2Cc3ccccc3C2)n1. The van der Waals surface area contributed by atoms with Crippen LogP contribution >= 0.6 is 0 Å². The molecule has 1 aromatic carbocycles. The predicted molar refractivity (Wildman–Crippen MR) is 65.3 cm³/mol. The maximum atomic E-state index is 8.85. The van der Waals surface area contributed by atoms with Crippen molar-refractivity contribution in [3.63, 3.8) is 0 Å². The van der Waals surface area contributed by atoms with Gasteiger partial charge in [-0.2, -0.15) is 5.26 Å². The first-order valence-electron chi connectivity index (χ1n) is 5.56. The summed E-state index contributed by atoms with van der Waals surface area (Å²) in [5, 5.41) is 8.85. The van der Waals surface area contributed by atoms with Crippen LogP contribution in [0.2, 0.25) is 0 Å². The van der Waals surface area contributed by atoms with Gasteiger partial charge in [0.05, 0.1) is 0 Å². The number of nitriles is 1. The third-order valence-corrected chi connectivity index (χ3v) is 3.01. The van der Waals surface area contributed by atoms with E-state index in [2.05, 4.69) is 40.2 Å². The summed E-state index contributed by atoms with van der Waals surface area (Å²) in [6.45, 7) is 1.75. The number of fused-ring (bicyclic) bond motifs is 1. The van der Waals surface area contributed by atoms with Gasteiger partial charge in [0.1, 0.15) is 17.6 Å². The van der Waals surface area contributed by atoms with E-state index in [-0.39, 0.29) is 0 Å². The minimum atomic E-state index is 0.471. The first kappa shape index (κ1) is 9.86. The summed E-state index contributed by atoms with van der Waals surface area (Å²) in [6, 6.07) is 16.0. The molecule has 0 N–H and O–H groups in total. The fraction of sp³-hybridized carbons (Fsp3) is 0.143. The van der Waals surface area contributed by atoms with Gasteiger partial charge in [-0.15, -0.1) is 0 Å². The quantitative estimate of drug-likeness (QED) is 0.742. The van der Waals surface area contributed by atoms with Gasteiger partial charge in [0.25, 0.3) is 0 Å². The molecule has 3 rings (SSSR count). The van der Waals surface area contributed by atoms with Gasteiger partial charge in [-0.05, 0) is 23.3 Å². The molecule has 1 aromatic heterocycles. The van der Waals surface area contributed by atoms with Crippen molar-refractivity contribution in [3.8, 4) is 6.07 Å². The number of pyridine rings is 1. The molecular formula is C14H11N3. The van der Waals surface area contributed by atoms with Crippen molar-refractivity contribution in [1.29, 1.82) is 5.26 Å². The van der Waals surface area contributed by atoms with E-state index < -0.39 is 0 Å².